The number of hydrogen-bond donors (Lipinski definition) is 5. The molecular formula is C23H29N3O5. The van der Waals surface area contributed by atoms with E-state index in [0.29, 0.717) is 30.6 Å². The lowest BCUT2D eigenvalue weighted by Gasteiger charge is -2.15. The van der Waals surface area contributed by atoms with E-state index in [2.05, 4.69) is 10.6 Å². The van der Waals surface area contributed by atoms with Gasteiger partial charge in [-0.25, -0.2) is 5.48 Å². The van der Waals surface area contributed by atoms with Gasteiger partial charge < -0.3 is 10.4 Å². The van der Waals surface area contributed by atoms with Crippen molar-refractivity contribution in [1.29, 1.82) is 0 Å². The Labute approximate surface area is 181 Å². The predicted octanol–water partition coefficient (Wildman–Crippen LogP) is 3.39. The number of amides is 2. The van der Waals surface area contributed by atoms with Crippen LogP contribution in [0.2, 0.25) is 0 Å². The molecule has 8 heteroatoms. The standard InChI is InChI=1S/C23H29N3O5/c27-20(10-6-1-2-7-11-21(28)26-31)25-19-14-12-17(13-15-19)16-24-22(23(29)30)18-8-4-3-5-9-18/h3-5,8-9,12-15,22,24,31H,1-2,6-7,10-11,16H2,(H,25,27)(H,26,28)(H,29,30). The molecule has 0 heterocycles. The second-order valence-corrected chi connectivity index (χ2v) is 7.26. The van der Waals surface area contributed by atoms with Crippen LogP contribution in [0.4, 0.5) is 5.69 Å². The first-order chi connectivity index (χ1) is 15.0. The third-order valence-electron chi connectivity index (χ3n) is 4.81. The minimum Gasteiger partial charge on any atom is -0.480 e. The number of rotatable bonds is 13. The van der Waals surface area contributed by atoms with Gasteiger partial charge in [-0.05, 0) is 36.1 Å². The molecule has 1 atom stereocenters. The molecule has 0 aliphatic rings. The summed E-state index contributed by atoms with van der Waals surface area (Å²) in [5.41, 5.74) is 3.88. The largest absolute Gasteiger partial charge is 0.480 e. The van der Waals surface area contributed by atoms with Gasteiger partial charge in [-0.1, -0.05) is 55.3 Å². The topological polar surface area (TPSA) is 128 Å². The van der Waals surface area contributed by atoms with Crippen LogP contribution in [0.5, 0.6) is 0 Å². The predicted molar refractivity (Wildman–Crippen MR) is 116 cm³/mol. The second kappa shape index (κ2) is 13.1. The van der Waals surface area contributed by atoms with E-state index in [9.17, 15) is 19.5 Å². The number of aliphatic carboxylic acids is 1. The molecule has 0 radical (unpaired) electrons. The van der Waals surface area contributed by atoms with Gasteiger partial charge >= 0.3 is 5.97 Å². The first-order valence-corrected chi connectivity index (χ1v) is 10.3. The van der Waals surface area contributed by atoms with Crippen molar-refractivity contribution in [2.24, 2.45) is 0 Å². The Hall–Kier alpha value is -3.23. The number of carboxylic acid groups (broad SMARTS) is 1. The average molecular weight is 428 g/mol. The Kier molecular flexibility index (Phi) is 10.2. The summed E-state index contributed by atoms with van der Waals surface area (Å²) in [7, 11) is 0. The Bertz CT molecular complexity index is 840. The molecule has 0 saturated heterocycles. The highest BCUT2D eigenvalue weighted by Gasteiger charge is 2.18. The van der Waals surface area contributed by atoms with E-state index in [1.54, 1.807) is 41.9 Å². The van der Waals surface area contributed by atoms with Crippen LogP contribution in [0.3, 0.4) is 0 Å². The molecule has 2 amide bonds. The molecule has 1 unspecified atom stereocenters. The maximum atomic E-state index is 12.0. The van der Waals surface area contributed by atoms with Crippen molar-refractivity contribution in [2.45, 2.75) is 51.1 Å². The lowest BCUT2D eigenvalue weighted by atomic mass is 10.1. The number of carboxylic acids is 1. The van der Waals surface area contributed by atoms with E-state index < -0.39 is 17.9 Å². The van der Waals surface area contributed by atoms with E-state index in [4.69, 9.17) is 5.21 Å². The third kappa shape index (κ3) is 8.98. The minimum atomic E-state index is -0.938. The molecule has 0 saturated carbocycles. The maximum Gasteiger partial charge on any atom is 0.325 e. The number of hydrogen-bond acceptors (Lipinski definition) is 5. The van der Waals surface area contributed by atoms with Gasteiger partial charge in [-0.15, -0.1) is 0 Å². The molecule has 0 bridgehead atoms. The maximum absolute atomic E-state index is 12.0. The summed E-state index contributed by atoms with van der Waals surface area (Å²) in [4.78, 5) is 34.5. The van der Waals surface area contributed by atoms with Crippen LogP contribution in [0.15, 0.2) is 54.6 Å². The Morgan fingerprint density at radius 1 is 0.806 bits per heavy atom. The Morgan fingerprint density at radius 3 is 2.00 bits per heavy atom. The monoisotopic (exact) mass is 427 g/mol. The van der Waals surface area contributed by atoms with E-state index in [1.165, 1.54) is 0 Å². The summed E-state index contributed by atoms with van der Waals surface area (Å²) in [6.07, 6.45) is 3.74. The summed E-state index contributed by atoms with van der Waals surface area (Å²) in [6, 6.07) is 15.5. The molecule has 0 fully saturated rings. The fourth-order valence-corrected chi connectivity index (χ4v) is 3.12. The summed E-state index contributed by atoms with van der Waals surface area (Å²) in [5, 5.41) is 23.8. The quantitative estimate of drug-likeness (QED) is 0.189. The van der Waals surface area contributed by atoms with E-state index in [1.807, 2.05) is 18.2 Å². The smallest absolute Gasteiger partial charge is 0.325 e. The summed E-state index contributed by atoms with van der Waals surface area (Å²) < 4.78 is 0. The molecule has 2 aromatic carbocycles. The first kappa shape index (κ1) is 24.0. The number of hydroxylamine groups is 1. The van der Waals surface area contributed by atoms with Crippen LogP contribution in [0.25, 0.3) is 0 Å². The summed E-state index contributed by atoms with van der Waals surface area (Å²) >= 11 is 0. The molecule has 166 valence electrons. The van der Waals surface area contributed by atoms with E-state index in [0.717, 1.165) is 24.8 Å². The lowest BCUT2D eigenvalue weighted by molar-refractivity contribution is -0.139. The number of carbonyl (C=O) groups excluding carboxylic acids is 2. The lowest BCUT2D eigenvalue weighted by Crippen LogP contribution is -2.28. The zero-order valence-corrected chi connectivity index (χ0v) is 17.3. The zero-order chi connectivity index (χ0) is 22.5. The molecule has 2 aromatic rings. The first-order valence-electron chi connectivity index (χ1n) is 10.3. The van der Waals surface area contributed by atoms with Gasteiger partial charge in [0.1, 0.15) is 6.04 Å². The van der Waals surface area contributed by atoms with Gasteiger partial charge in [0, 0.05) is 25.1 Å². The molecule has 0 spiro atoms. The molecule has 0 aliphatic carbocycles. The molecule has 2 rings (SSSR count). The zero-order valence-electron chi connectivity index (χ0n) is 17.3. The molecule has 31 heavy (non-hydrogen) atoms. The van der Waals surface area contributed by atoms with Crippen LogP contribution < -0.4 is 16.1 Å². The van der Waals surface area contributed by atoms with E-state index >= 15 is 0 Å². The van der Waals surface area contributed by atoms with Crippen molar-refractivity contribution < 1.29 is 24.7 Å². The van der Waals surface area contributed by atoms with Crippen LogP contribution in [0.1, 0.15) is 55.7 Å². The molecular weight excluding hydrogens is 398 g/mol. The van der Waals surface area contributed by atoms with Gasteiger partial charge in [-0.3, -0.25) is 24.9 Å². The van der Waals surface area contributed by atoms with Crippen LogP contribution >= 0.6 is 0 Å². The molecule has 0 aromatic heterocycles. The molecule has 8 nitrogen and oxygen atoms in total. The van der Waals surface area contributed by atoms with Crippen LogP contribution in [-0.2, 0) is 20.9 Å². The van der Waals surface area contributed by atoms with Crippen molar-refractivity contribution in [2.75, 3.05) is 5.32 Å². The second-order valence-electron chi connectivity index (χ2n) is 7.26. The van der Waals surface area contributed by atoms with Gasteiger partial charge in [0.05, 0.1) is 0 Å². The number of benzene rings is 2. The van der Waals surface area contributed by atoms with Crippen molar-refractivity contribution in [3.8, 4) is 0 Å². The van der Waals surface area contributed by atoms with Crippen LogP contribution in [-0.4, -0.2) is 28.1 Å². The van der Waals surface area contributed by atoms with Crippen molar-refractivity contribution in [3.05, 3.63) is 65.7 Å². The SMILES string of the molecule is O=C(CCCCCCC(=O)Nc1ccc(CNC(C(=O)O)c2ccccc2)cc1)NO. The fourth-order valence-electron chi connectivity index (χ4n) is 3.12. The van der Waals surface area contributed by atoms with Crippen LogP contribution in [0, 0.1) is 0 Å². The van der Waals surface area contributed by atoms with E-state index in [-0.39, 0.29) is 12.3 Å². The van der Waals surface area contributed by atoms with Gasteiger partial charge in [0.25, 0.3) is 0 Å². The van der Waals surface area contributed by atoms with Crippen molar-refractivity contribution in [1.82, 2.24) is 10.8 Å². The Balaban J connectivity index is 1.72. The highest BCUT2D eigenvalue weighted by Crippen LogP contribution is 2.15. The number of anilines is 1. The average Bonchev–Trinajstić information content (AvgIpc) is 2.77. The fraction of sp³-hybridized carbons (Fsp3) is 0.348. The normalized spacial score (nSPS) is 11.5. The summed E-state index contributed by atoms with van der Waals surface area (Å²) in [5.74, 6) is -1.41. The number of carbonyl (C=O) groups is 3. The minimum absolute atomic E-state index is 0.0750. The molecule has 0 aliphatic heterocycles. The third-order valence-corrected chi connectivity index (χ3v) is 4.81. The Morgan fingerprint density at radius 2 is 1.42 bits per heavy atom. The van der Waals surface area contributed by atoms with Gasteiger partial charge in [0.2, 0.25) is 11.8 Å². The van der Waals surface area contributed by atoms with Crippen molar-refractivity contribution in [3.63, 3.8) is 0 Å². The van der Waals surface area contributed by atoms with Gasteiger partial charge in [-0.2, -0.15) is 0 Å². The number of nitrogens with one attached hydrogen (secondary N) is 3. The highest BCUT2D eigenvalue weighted by molar-refractivity contribution is 5.90. The highest BCUT2D eigenvalue weighted by atomic mass is 16.5. The van der Waals surface area contributed by atoms with Gasteiger partial charge in [0.15, 0.2) is 0 Å². The number of unbranched alkanes of at least 4 members (excludes halogenated alkanes) is 3. The summed E-state index contributed by atoms with van der Waals surface area (Å²) in [6.45, 7) is 0.383. The molecule has 5 N–H and O–H groups in total. The van der Waals surface area contributed by atoms with Crippen molar-refractivity contribution >= 4 is 23.5 Å².